The highest BCUT2D eigenvalue weighted by Crippen LogP contribution is 2.83. The Balaban J connectivity index is 0.667. The number of phenolic OH excluding ortho intramolecular Hbond substituents is 5. The smallest absolute Gasteiger partial charge is 0.460 e. The molecule has 42 heteroatoms. The van der Waals surface area contributed by atoms with Crippen molar-refractivity contribution in [3.63, 3.8) is 0 Å². The Hall–Kier alpha value is -14.6. The molecule has 0 aliphatic carbocycles. The molecular formula is C96H77ClN9O23P9. The minimum Gasteiger partial charge on any atom is -0.508 e. The van der Waals surface area contributed by atoms with Gasteiger partial charge in [0, 0.05) is 0 Å². The van der Waals surface area contributed by atoms with E-state index in [2.05, 4.69) is 0 Å². The van der Waals surface area contributed by atoms with E-state index in [1.807, 2.05) is 30.3 Å². The van der Waals surface area contributed by atoms with E-state index < -0.39 is 68.1 Å². The Morgan fingerprint density at radius 1 is 0.159 bits per heavy atom. The van der Waals surface area contributed by atoms with Gasteiger partial charge in [0.1, 0.15) is 132 Å². The van der Waals surface area contributed by atoms with Crippen molar-refractivity contribution >= 4 is 79.3 Å². The van der Waals surface area contributed by atoms with Crippen LogP contribution in [0.1, 0.15) is 0 Å². The normalized spacial score (nSPS) is 20.0. The maximum absolute atomic E-state index is 13.4. The van der Waals surface area contributed by atoms with E-state index in [1.54, 1.807) is 279 Å². The van der Waals surface area contributed by atoms with E-state index in [-0.39, 0.29) is 109 Å². The Morgan fingerprint density at radius 2 is 0.355 bits per heavy atom. The maximum Gasteiger partial charge on any atom is 0.460 e. The molecule has 0 saturated carbocycles. The molecule has 0 saturated heterocycles. The third-order valence-corrected chi connectivity index (χ3v) is 43.8. The van der Waals surface area contributed by atoms with Crippen LogP contribution in [0.15, 0.2) is 471 Å². The van der Waals surface area contributed by atoms with Crippen LogP contribution in [0, 0.1) is 0 Å². The Bertz CT molecular complexity index is 7360. The lowest BCUT2D eigenvalue weighted by Gasteiger charge is -2.33. The molecule has 19 rings (SSSR count). The highest BCUT2D eigenvalue weighted by molar-refractivity contribution is 7.94. The highest BCUT2D eigenvalue weighted by atomic mass is 35.7. The van der Waals surface area contributed by atoms with Crippen molar-refractivity contribution in [2.45, 2.75) is 0 Å². The van der Waals surface area contributed by atoms with Gasteiger partial charge in [-0.05, 0) is 301 Å². The third-order valence-electron chi connectivity index (χ3n) is 18.9. The van der Waals surface area contributed by atoms with Crippen LogP contribution in [0.3, 0.4) is 0 Å². The zero-order chi connectivity index (χ0) is 94.5. The Labute approximate surface area is 796 Å². The molecule has 0 bridgehead atoms. The van der Waals surface area contributed by atoms with Gasteiger partial charge in [-0.25, -0.2) is 0 Å². The summed E-state index contributed by atoms with van der Waals surface area (Å²) in [4.78, 5) is 13.4. The lowest BCUT2D eigenvalue weighted by Crippen LogP contribution is -2.11. The van der Waals surface area contributed by atoms with Crippen molar-refractivity contribution in [1.29, 1.82) is 0 Å². The molecule has 6 N–H and O–H groups in total. The van der Waals surface area contributed by atoms with Crippen molar-refractivity contribution in [2.75, 3.05) is 0 Å². The van der Waals surface area contributed by atoms with Gasteiger partial charge < -0.3 is 108 Å². The van der Waals surface area contributed by atoms with Gasteiger partial charge in [0.2, 0.25) is 0 Å². The monoisotopic (exact) mass is 2040 g/mol. The summed E-state index contributed by atoms with van der Waals surface area (Å²) in [5, 5.41) is 52.7. The molecule has 0 amide bonds. The summed E-state index contributed by atoms with van der Waals surface area (Å²) in [7, 11) is -35.6. The van der Waals surface area contributed by atoms with Crippen LogP contribution in [0.4, 0.5) is 0 Å². The molecule has 6 unspecified atom stereocenters. The molecule has 16 aromatic rings. The zero-order valence-electron chi connectivity index (χ0n) is 71.5. The molecule has 0 aromatic heterocycles. The van der Waals surface area contributed by atoms with Crippen molar-refractivity contribution in [2.24, 2.45) is 40.6 Å². The molecule has 6 atom stereocenters. The molecule has 3 aliphatic heterocycles. The predicted octanol–water partition coefficient (Wildman–Crippen LogP) is 32.6. The average Bonchev–Trinajstić information content (AvgIpc) is 0.734. The molecule has 0 fully saturated rings. The number of para-hydroxylation sites is 7. The van der Waals surface area contributed by atoms with E-state index in [9.17, 15) is 30.4 Å². The number of nitrogens with zero attached hydrogens (tertiary/aromatic N) is 9. The first-order valence-corrected chi connectivity index (χ1v) is 56.5. The number of aromatic hydroxyl groups is 5. The number of hydrogen-bond acceptors (Lipinski definition) is 31. The van der Waals surface area contributed by atoms with E-state index in [0.717, 1.165) is 0 Å². The number of ether oxygens (including phenoxy) is 1. The molecule has 0 spiro atoms. The summed E-state index contributed by atoms with van der Waals surface area (Å²) in [5.74, 6) is 2.95. The summed E-state index contributed by atoms with van der Waals surface area (Å²) < 4.78 is 163. The van der Waals surface area contributed by atoms with Gasteiger partial charge in [-0.3, -0.25) is 0 Å². The first-order chi connectivity index (χ1) is 67.0. The summed E-state index contributed by atoms with van der Waals surface area (Å²) in [5.41, 5.74) is 1.29. The molecular weight excluding hydrogens is 1960 g/mol. The van der Waals surface area contributed by atoms with Crippen molar-refractivity contribution < 1.29 is 108 Å². The topological polar surface area (TPSA) is 390 Å². The second-order valence-electron chi connectivity index (χ2n) is 29.4. The maximum atomic E-state index is 13.4. The fourth-order valence-corrected chi connectivity index (χ4v) is 40.5. The average molecular weight is 2040 g/mol. The van der Waals surface area contributed by atoms with Gasteiger partial charge in [-0.2, -0.15) is 0 Å². The first kappa shape index (κ1) is 92.5. The summed E-state index contributed by atoms with van der Waals surface area (Å²) in [6, 6.07) is 116. The van der Waals surface area contributed by atoms with E-state index in [4.69, 9.17) is 129 Å². The van der Waals surface area contributed by atoms with E-state index >= 15 is 0 Å². The van der Waals surface area contributed by atoms with Crippen LogP contribution >= 0.6 is 79.3 Å². The second kappa shape index (κ2) is 40.4. The largest absolute Gasteiger partial charge is 0.508 e. The number of phenols is 5. The summed E-state index contributed by atoms with van der Waals surface area (Å²) >= 11 is 7.71. The Morgan fingerprint density at radius 3 is 0.638 bits per heavy atom. The molecule has 696 valence electrons. The fourth-order valence-electron chi connectivity index (χ4n) is 13.0. The van der Waals surface area contributed by atoms with Crippen molar-refractivity contribution in [3.05, 3.63) is 431 Å². The van der Waals surface area contributed by atoms with Crippen molar-refractivity contribution in [3.8, 4) is 143 Å². The second-order valence-corrected chi connectivity index (χ2v) is 49.0. The van der Waals surface area contributed by atoms with Gasteiger partial charge >= 0.3 is 68.1 Å². The van der Waals surface area contributed by atoms with E-state index in [1.165, 1.54) is 121 Å². The molecule has 3 aliphatic rings. The SMILES string of the molecule is Oc1ccc(OP2(Oc3ccc(O)cc3)=NP(Oc3ccc(O)cc3)(Oc3ccc(O)cc3)=NP(Oc3ccc(O)cc3)(Oc3ccc(Oc4ccc(OP5(Oc6ccccc6)=NP(O)(Oc6ccccc6)=NP(Oc6ccccc6)(Oc6ccc(-c7cccc(OP8(Oc9ccccc9)=NP(Cl)(Oc9ccccc9)=NP(Oc9ccccc9)(Oc9ccccc9)=N8)c7)cc6)=N5)cc4)cc3)=N2)cc1. The van der Waals surface area contributed by atoms with Crippen LogP contribution in [0.25, 0.3) is 11.1 Å². The molecule has 16 aromatic carbocycles. The highest BCUT2D eigenvalue weighted by Gasteiger charge is 2.52. The minimum atomic E-state index is -4.66. The summed E-state index contributed by atoms with van der Waals surface area (Å²) in [6.45, 7) is -4.01. The first-order valence-electron chi connectivity index (χ1n) is 41.7. The van der Waals surface area contributed by atoms with Gasteiger partial charge in [0.05, 0.1) is 0 Å². The minimum absolute atomic E-state index is 0.0627. The van der Waals surface area contributed by atoms with Gasteiger partial charge in [-0.1, -0.05) is 174 Å². The standard InChI is InChI=1S/C96H77ClN9O23P9/c97-130(114-81-24-8-1-9-25-81)98-132(116-83-28-12-3-13-29-83,117-84-30-14-4-15-31-84)102-133(99-130,118-85-32-16-5-17-33-85)129-96-38-22-23-73(71-96)72-39-51-88(52-40-72)121-134(119-86-34-18-6-19-35-86)100-131(112,115-82-26-10-2-11-27-82)101-135(103-134,120-87-36-20-7-21-37-87)122-94-67-63-79(64-68-94)113-80-65-69-95(70-66-80)128-138(127-93-61-49-78(111)50-62-93)105-136(123-89-53-41-74(107)42-54-89,124-90-55-43-75(108)44-56-90)104-137(106-138,125-91-57-45-76(109)46-58-91)126-92-59-47-77(110)48-60-92/h1-71,107-112H. The molecule has 0 radical (unpaired) electrons. The third kappa shape index (κ3) is 23.6. The quantitative estimate of drug-likeness (QED) is 0.0201. The van der Waals surface area contributed by atoms with Crippen LogP contribution in [0.2, 0.25) is 0 Å². The van der Waals surface area contributed by atoms with Gasteiger partial charge in [0.15, 0.2) is 0 Å². The predicted molar refractivity (Wildman–Crippen MR) is 533 cm³/mol. The van der Waals surface area contributed by atoms with Crippen molar-refractivity contribution in [1.82, 2.24) is 0 Å². The number of rotatable bonds is 35. The van der Waals surface area contributed by atoms with Crippen LogP contribution in [0.5, 0.6) is 132 Å². The fraction of sp³-hybridized carbons (Fsp3) is 0. The van der Waals surface area contributed by atoms with Crippen LogP contribution in [-0.4, -0.2) is 30.4 Å². The Kier molecular flexibility index (Phi) is 27.1. The lowest BCUT2D eigenvalue weighted by molar-refractivity contribution is 0.436. The number of benzene rings is 16. The molecule has 32 nitrogen and oxygen atoms in total. The van der Waals surface area contributed by atoms with Crippen LogP contribution < -0.4 is 77.1 Å². The zero-order valence-corrected chi connectivity index (χ0v) is 80.3. The van der Waals surface area contributed by atoms with Gasteiger partial charge in [-0.15, -0.1) is 18.1 Å². The molecule has 3 heterocycles. The lowest BCUT2D eigenvalue weighted by atomic mass is 10.1. The molecule has 138 heavy (non-hydrogen) atoms. The van der Waals surface area contributed by atoms with Crippen LogP contribution in [-0.2, 0) is 0 Å². The number of hydrogen-bond donors (Lipinski definition) is 6. The van der Waals surface area contributed by atoms with Gasteiger partial charge in [0.25, 0.3) is 0 Å². The summed E-state index contributed by atoms with van der Waals surface area (Å²) in [6.07, 6.45) is 0. The number of halogens is 1. The van der Waals surface area contributed by atoms with E-state index in [0.29, 0.717) is 34.1 Å².